The second kappa shape index (κ2) is 9.11. The molecule has 1 aromatic carbocycles. The van der Waals surface area contributed by atoms with Crippen LogP contribution in [0.15, 0.2) is 65.7 Å². The smallest absolute Gasteiger partial charge is 0.316 e. The minimum atomic E-state index is -0.461. The van der Waals surface area contributed by atoms with Crippen molar-refractivity contribution in [3.63, 3.8) is 0 Å². The largest absolute Gasteiger partial charge is 0.481 e. The van der Waals surface area contributed by atoms with Crippen molar-refractivity contribution in [2.24, 2.45) is 0 Å². The van der Waals surface area contributed by atoms with Gasteiger partial charge in [0, 0.05) is 43.3 Å². The maximum absolute atomic E-state index is 13.8. The van der Waals surface area contributed by atoms with Crippen molar-refractivity contribution in [2.45, 2.75) is 69.7 Å². The van der Waals surface area contributed by atoms with Crippen LogP contribution in [0.2, 0.25) is 0 Å². The van der Waals surface area contributed by atoms with Crippen LogP contribution in [0.1, 0.15) is 60.4 Å². The summed E-state index contributed by atoms with van der Waals surface area (Å²) in [7, 11) is 0. The molecule has 0 unspecified atom stereocenters. The molecule has 3 aromatic heterocycles. The topological polar surface area (TPSA) is 82.3 Å². The van der Waals surface area contributed by atoms with Gasteiger partial charge in [-0.2, -0.15) is 4.98 Å². The van der Waals surface area contributed by atoms with E-state index in [1.54, 1.807) is 0 Å². The zero-order chi connectivity index (χ0) is 25.7. The number of benzene rings is 1. The molecular weight excluding hydrogens is 478 g/mol. The second-order valence-electron chi connectivity index (χ2n) is 10.9. The van der Waals surface area contributed by atoms with Crippen LogP contribution in [-0.2, 0) is 25.1 Å². The van der Waals surface area contributed by atoms with Crippen molar-refractivity contribution in [1.29, 1.82) is 0 Å². The number of rotatable bonds is 7. The number of nitrogens with zero attached hydrogens (tertiary/aromatic N) is 5. The van der Waals surface area contributed by atoms with Crippen molar-refractivity contribution >= 4 is 16.9 Å². The maximum Gasteiger partial charge on any atom is 0.316 e. The maximum atomic E-state index is 13.8. The van der Waals surface area contributed by atoms with Gasteiger partial charge in [0.15, 0.2) is 5.69 Å². The van der Waals surface area contributed by atoms with Gasteiger partial charge < -0.3 is 18.8 Å². The number of carbonyl (C=O) groups excluding carboxylic acids is 1. The Labute approximate surface area is 220 Å². The summed E-state index contributed by atoms with van der Waals surface area (Å²) in [5.74, 6) is 0.623. The van der Waals surface area contributed by atoms with E-state index in [4.69, 9.17) is 4.74 Å². The SMILES string of the molecule is O=C1c2c(OCc3ccccc3)c(=O)nc(CC3(n4ccc5cccnc54)CCCC3)n2CCN1C1CC1. The highest BCUT2D eigenvalue weighted by molar-refractivity contribution is 5.96. The predicted octanol–water partition coefficient (Wildman–Crippen LogP) is 4.30. The zero-order valence-electron chi connectivity index (χ0n) is 21.4. The van der Waals surface area contributed by atoms with Gasteiger partial charge in [0.05, 0.1) is 5.54 Å². The Morgan fingerprint density at radius 2 is 1.79 bits per heavy atom. The number of fused-ring (bicyclic) bond motifs is 2. The van der Waals surface area contributed by atoms with Crippen molar-refractivity contribution in [3.8, 4) is 5.75 Å². The standard InChI is InChI=1S/C30H31N5O3/c36-28-26(38-20-21-7-2-1-3-8-21)25-29(37)33(23-10-11-23)17-18-34(25)24(32-28)19-30(13-4-5-14-30)35-16-12-22-9-6-15-31-27(22)35/h1-3,6-9,12,15-16,23H,4-5,10-11,13-14,17-20H2. The summed E-state index contributed by atoms with van der Waals surface area (Å²) in [5.41, 5.74) is 1.55. The molecule has 0 bridgehead atoms. The zero-order valence-corrected chi connectivity index (χ0v) is 21.4. The van der Waals surface area contributed by atoms with Gasteiger partial charge in [-0.25, -0.2) is 4.98 Å². The average molecular weight is 510 g/mol. The molecule has 0 radical (unpaired) electrons. The summed E-state index contributed by atoms with van der Waals surface area (Å²) in [5, 5.41) is 1.10. The number of ether oxygens (including phenoxy) is 1. The molecule has 4 aromatic rings. The van der Waals surface area contributed by atoms with Crippen LogP contribution in [0.25, 0.3) is 11.0 Å². The molecule has 0 N–H and O–H groups in total. The third-order valence-electron chi connectivity index (χ3n) is 8.44. The Hall–Kier alpha value is -3.94. The van der Waals surface area contributed by atoms with Crippen LogP contribution in [0.5, 0.6) is 5.75 Å². The first-order valence-corrected chi connectivity index (χ1v) is 13.7. The van der Waals surface area contributed by atoms with Crippen molar-refractivity contribution in [3.05, 3.63) is 88.4 Å². The van der Waals surface area contributed by atoms with E-state index in [1.165, 1.54) is 0 Å². The van der Waals surface area contributed by atoms with E-state index in [2.05, 4.69) is 32.9 Å². The Balaban J connectivity index is 1.31. The lowest BCUT2D eigenvalue weighted by Gasteiger charge is -2.35. The van der Waals surface area contributed by atoms with E-state index in [1.807, 2.05) is 52.1 Å². The van der Waals surface area contributed by atoms with Crippen LogP contribution in [0.4, 0.5) is 0 Å². The number of hydrogen-bond donors (Lipinski definition) is 0. The number of pyridine rings is 1. The highest BCUT2D eigenvalue weighted by Crippen LogP contribution is 2.42. The van der Waals surface area contributed by atoms with E-state index in [0.717, 1.165) is 55.1 Å². The van der Waals surface area contributed by atoms with Crippen LogP contribution in [0, 0.1) is 0 Å². The Kier molecular flexibility index (Phi) is 5.56. The van der Waals surface area contributed by atoms with Gasteiger partial charge in [0.1, 0.15) is 18.1 Å². The number of hydrogen-bond acceptors (Lipinski definition) is 5. The summed E-state index contributed by atoms with van der Waals surface area (Å²) < 4.78 is 10.3. The molecule has 8 heteroatoms. The molecule has 2 aliphatic carbocycles. The number of aromatic nitrogens is 4. The van der Waals surface area contributed by atoms with Gasteiger partial charge in [0.25, 0.3) is 5.91 Å². The van der Waals surface area contributed by atoms with E-state index in [0.29, 0.717) is 31.0 Å². The van der Waals surface area contributed by atoms with Crippen molar-refractivity contribution in [2.75, 3.05) is 6.54 Å². The third kappa shape index (κ3) is 3.90. The van der Waals surface area contributed by atoms with Crippen LogP contribution in [0.3, 0.4) is 0 Å². The molecule has 0 spiro atoms. The van der Waals surface area contributed by atoms with E-state index < -0.39 is 5.56 Å². The van der Waals surface area contributed by atoms with Crippen LogP contribution < -0.4 is 10.3 Å². The quantitative estimate of drug-likeness (QED) is 0.371. The molecule has 1 amide bonds. The molecule has 7 rings (SSSR count). The average Bonchev–Trinajstić information content (AvgIpc) is 3.50. The third-order valence-corrected chi connectivity index (χ3v) is 8.44. The minimum Gasteiger partial charge on any atom is -0.481 e. The lowest BCUT2D eigenvalue weighted by molar-refractivity contribution is 0.0674. The second-order valence-corrected chi connectivity index (χ2v) is 10.9. The molecule has 2 saturated carbocycles. The molecule has 0 saturated heterocycles. The molecule has 2 fully saturated rings. The van der Waals surface area contributed by atoms with Gasteiger partial charge in [-0.1, -0.05) is 43.2 Å². The monoisotopic (exact) mass is 509 g/mol. The molecule has 8 nitrogen and oxygen atoms in total. The van der Waals surface area contributed by atoms with Gasteiger partial charge >= 0.3 is 5.56 Å². The molecular formula is C30H31N5O3. The Morgan fingerprint density at radius 1 is 0.974 bits per heavy atom. The predicted molar refractivity (Wildman–Crippen MR) is 143 cm³/mol. The van der Waals surface area contributed by atoms with Crippen molar-refractivity contribution in [1.82, 2.24) is 24.0 Å². The summed E-state index contributed by atoms with van der Waals surface area (Å²) in [4.78, 5) is 38.5. The Bertz CT molecular complexity index is 1560. The minimum absolute atomic E-state index is 0.0708. The fraction of sp³-hybridized carbons (Fsp3) is 0.400. The lowest BCUT2D eigenvalue weighted by atomic mass is 9.91. The molecule has 38 heavy (non-hydrogen) atoms. The van der Waals surface area contributed by atoms with Gasteiger partial charge in [0.2, 0.25) is 5.75 Å². The van der Waals surface area contributed by atoms with Gasteiger partial charge in [-0.05, 0) is 49.4 Å². The van der Waals surface area contributed by atoms with Crippen LogP contribution >= 0.6 is 0 Å². The van der Waals surface area contributed by atoms with E-state index in [9.17, 15) is 9.59 Å². The molecule has 0 atom stereocenters. The first kappa shape index (κ1) is 23.2. The summed E-state index contributed by atoms with van der Waals surface area (Å²) >= 11 is 0. The first-order valence-electron chi connectivity index (χ1n) is 13.7. The van der Waals surface area contributed by atoms with Gasteiger partial charge in [-0.15, -0.1) is 0 Å². The normalized spacial score (nSPS) is 18.6. The fourth-order valence-corrected chi connectivity index (χ4v) is 6.39. The van der Waals surface area contributed by atoms with Crippen LogP contribution in [-0.4, -0.2) is 42.5 Å². The summed E-state index contributed by atoms with van der Waals surface area (Å²) in [6, 6.07) is 16.1. The fourth-order valence-electron chi connectivity index (χ4n) is 6.39. The number of carbonyl (C=O) groups is 1. The lowest BCUT2D eigenvalue weighted by Crippen LogP contribution is -2.46. The van der Waals surface area contributed by atoms with Crippen molar-refractivity contribution < 1.29 is 9.53 Å². The molecule has 1 aliphatic heterocycles. The molecule has 4 heterocycles. The number of amides is 1. The van der Waals surface area contributed by atoms with Gasteiger partial charge in [-0.3, -0.25) is 9.59 Å². The molecule has 3 aliphatic rings. The summed E-state index contributed by atoms with van der Waals surface area (Å²) in [6.07, 6.45) is 10.7. The van der Waals surface area contributed by atoms with E-state index >= 15 is 0 Å². The first-order chi connectivity index (χ1) is 18.6. The highest BCUT2D eigenvalue weighted by Gasteiger charge is 2.42. The van der Waals surface area contributed by atoms with E-state index in [-0.39, 0.29) is 29.8 Å². The summed E-state index contributed by atoms with van der Waals surface area (Å²) in [6.45, 7) is 1.46. The Morgan fingerprint density at radius 3 is 2.58 bits per heavy atom. The highest BCUT2D eigenvalue weighted by atomic mass is 16.5. The molecule has 194 valence electrons.